The molecule has 2 aromatic heterocycles. The zero-order valence-electron chi connectivity index (χ0n) is 11.4. The summed E-state index contributed by atoms with van der Waals surface area (Å²) in [5.74, 6) is -1.01. The second-order valence-electron chi connectivity index (χ2n) is 4.36. The van der Waals surface area contributed by atoms with E-state index in [1.807, 2.05) is 0 Å². The van der Waals surface area contributed by atoms with Crippen LogP contribution in [-0.2, 0) is 31.5 Å². The van der Waals surface area contributed by atoms with Crippen LogP contribution in [0.5, 0.6) is 0 Å². The van der Waals surface area contributed by atoms with Gasteiger partial charge in [0.1, 0.15) is 12.2 Å². The van der Waals surface area contributed by atoms with Gasteiger partial charge in [-0.1, -0.05) is 5.21 Å². The van der Waals surface area contributed by atoms with Crippen LogP contribution in [0.2, 0.25) is 0 Å². The predicted molar refractivity (Wildman–Crippen MR) is 69.9 cm³/mol. The number of amides is 2. The van der Waals surface area contributed by atoms with Gasteiger partial charge in [-0.15, -0.1) is 5.10 Å². The summed E-state index contributed by atoms with van der Waals surface area (Å²) in [6.07, 6.45) is 4.94. The van der Waals surface area contributed by atoms with E-state index in [0.29, 0.717) is 12.2 Å². The van der Waals surface area contributed by atoms with Crippen molar-refractivity contribution in [3.8, 4) is 0 Å². The van der Waals surface area contributed by atoms with Crippen molar-refractivity contribution in [2.75, 3.05) is 0 Å². The van der Waals surface area contributed by atoms with Crippen molar-refractivity contribution in [2.45, 2.75) is 19.6 Å². The molecule has 10 nitrogen and oxygen atoms in total. The standard InChI is InChI=1S/C11H15N7O3/c1-17-5-8(3-14-17)2-12-11(21)13-4-9-6-18(16-15-9)7-10(19)20/h3,5-6H,2,4,7H2,1H3,(H,19,20)(H2,12,13,21). The first-order valence-corrected chi connectivity index (χ1v) is 6.13. The summed E-state index contributed by atoms with van der Waals surface area (Å²) >= 11 is 0. The second kappa shape index (κ2) is 6.50. The Hall–Kier alpha value is -2.91. The van der Waals surface area contributed by atoms with E-state index in [-0.39, 0.29) is 19.1 Å². The van der Waals surface area contributed by atoms with Crippen molar-refractivity contribution in [1.82, 2.24) is 35.4 Å². The summed E-state index contributed by atoms with van der Waals surface area (Å²) in [5.41, 5.74) is 1.37. The average Bonchev–Trinajstić information content (AvgIpc) is 3.02. The van der Waals surface area contributed by atoms with E-state index in [4.69, 9.17) is 5.11 Å². The third-order valence-corrected chi connectivity index (χ3v) is 2.52. The molecule has 2 aromatic rings. The van der Waals surface area contributed by atoms with Crippen molar-refractivity contribution in [1.29, 1.82) is 0 Å². The van der Waals surface area contributed by atoms with Crippen LogP contribution >= 0.6 is 0 Å². The van der Waals surface area contributed by atoms with Gasteiger partial charge in [0, 0.05) is 25.4 Å². The highest BCUT2D eigenvalue weighted by Crippen LogP contribution is 1.95. The lowest BCUT2D eigenvalue weighted by atomic mass is 10.4. The minimum Gasteiger partial charge on any atom is -0.480 e. The minimum absolute atomic E-state index is 0.165. The molecular weight excluding hydrogens is 278 g/mol. The number of carboxylic acids is 1. The Morgan fingerprint density at radius 3 is 2.71 bits per heavy atom. The average molecular weight is 293 g/mol. The van der Waals surface area contributed by atoms with Crippen LogP contribution in [-0.4, -0.2) is 41.9 Å². The molecule has 0 spiro atoms. The highest BCUT2D eigenvalue weighted by molar-refractivity contribution is 5.73. The lowest BCUT2D eigenvalue weighted by Gasteiger charge is -2.04. The van der Waals surface area contributed by atoms with Gasteiger partial charge in [-0.3, -0.25) is 9.48 Å². The smallest absolute Gasteiger partial charge is 0.325 e. The van der Waals surface area contributed by atoms with Crippen LogP contribution in [0.1, 0.15) is 11.3 Å². The van der Waals surface area contributed by atoms with Crippen molar-refractivity contribution in [2.24, 2.45) is 7.05 Å². The Kier molecular flexibility index (Phi) is 4.49. The lowest BCUT2D eigenvalue weighted by molar-refractivity contribution is -0.137. The maximum atomic E-state index is 11.6. The van der Waals surface area contributed by atoms with Crippen LogP contribution in [0.25, 0.3) is 0 Å². The molecule has 0 aliphatic rings. The number of nitrogens with one attached hydrogen (secondary N) is 2. The molecule has 0 aliphatic carbocycles. The number of carbonyl (C=O) groups is 2. The number of rotatable bonds is 6. The van der Waals surface area contributed by atoms with Gasteiger partial charge in [-0.2, -0.15) is 5.10 Å². The number of carbonyl (C=O) groups excluding carboxylic acids is 1. The third-order valence-electron chi connectivity index (χ3n) is 2.52. The summed E-state index contributed by atoms with van der Waals surface area (Å²) in [7, 11) is 1.80. The normalized spacial score (nSPS) is 10.3. The van der Waals surface area contributed by atoms with E-state index in [2.05, 4.69) is 26.0 Å². The molecule has 0 saturated heterocycles. The van der Waals surface area contributed by atoms with E-state index in [1.165, 1.54) is 10.9 Å². The molecule has 2 heterocycles. The van der Waals surface area contributed by atoms with E-state index in [9.17, 15) is 9.59 Å². The fourth-order valence-corrected chi connectivity index (χ4v) is 1.61. The summed E-state index contributed by atoms with van der Waals surface area (Å²) in [4.78, 5) is 22.1. The summed E-state index contributed by atoms with van der Waals surface area (Å²) < 4.78 is 2.84. The molecule has 0 unspecified atom stereocenters. The predicted octanol–water partition coefficient (Wildman–Crippen LogP) is -0.904. The molecule has 0 fully saturated rings. The van der Waals surface area contributed by atoms with Gasteiger partial charge in [0.25, 0.3) is 0 Å². The molecule has 0 bridgehead atoms. The Morgan fingerprint density at radius 2 is 2.05 bits per heavy atom. The first-order chi connectivity index (χ1) is 10.0. The molecule has 0 saturated carbocycles. The maximum absolute atomic E-state index is 11.6. The van der Waals surface area contributed by atoms with Crippen molar-refractivity contribution < 1.29 is 14.7 Å². The zero-order valence-corrected chi connectivity index (χ0v) is 11.4. The summed E-state index contributed by atoms with van der Waals surface area (Å²) in [5, 5.41) is 25.3. The molecule has 2 rings (SSSR count). The van der Waals surface area contributed by atoms with Crippen molar-refractivity contribution in [3.05, 3.63) is 29.8 Å². The monoisotopic (exact) mass is 293 g/mol. The first kappa shape index (κ1) is 14.5. The topological polar surface area (TPSA) is 127 Å². The molecule has 10 heteroatoms. The van der Waals surface area contributed by atoms with Gasteiger partial charge < -0.3 is 15.7 Å². The van der Waals surface area contributed by atoms with Crippen molar-refractivity contribution >= 4 is 12.0 Å². The van der Waals surface area contributed by atoms with E-state index >= 15 is 0 Å². The Balaban J connectivity index is 1.73. The Morgan fingerprint density at radius 1 is 1.29 bits per heavy atom. The summed E-state index contributed by atoms with van der Waals surface area (Å²) in [6, 6.07) is -0.355. The molecule has 0 radical (unpaired) electrons. The van der Waals surface area contributed by atoms with Crippen LogP contribution < -0.4 is 10.6 Å². The van der Waals surface area contributed by atoms with Gasteiger partial charge in [0.2, 0.25) is 0 Å². The second-order valence-corrected chi connectivity index (χ2v) is 4.36. The largest absolute Gasteiger partial charge is 0.480 e. The molecular formula is C11H15N7O3. The van der Waals surface area contributed by atoms with Gasteiger partial charge in [-0.05, 0) is 0 Å². The highest BCUT2D eigenvalue weighted by Gasteiger charge is 2.06. The maximum Gasteiger partial charge on any atom is 0.325 e. The minimum atomic E-state index is -1.01. The molecule has 3 N–H and O–H groups in total. The Labute approximate surface area is 119 Å². The third kappa shape index (κ3) is 4.60. The molecule has 0 aromatic carbocycles. The summed E-state index contributed by atoms with van der Waals surface area (Å²) in [6.45, 7) is 0.268. The van der Waals surface area contributed by atoms with Gasteiger partial charge in [0.05, 0.1) is 18.9 Å². The molecule has 0 atom stereocenters. The molecule has 2 amide bonds. The number of aromatic nitrogens is 5. The number of aryl methyl sites for hydroxylation is 1. The lowest BCUT2D eigenvalue weighted by Crippen LogP contribution is -2.34. The molecule has 0 aliphatic heterocycles. The van der Waals surface area contributed by atoms with Crippen LogP contribution in [0.4, 0.5) is 4.79 Å². The van der Waals surface area contributed by atoms with Crippen LogP contribution in [0, 0.1) is 0 Å². The zero-order chi connectivity index (χ0) is 15.2. The fourth-order valence-electron chi connectivity index (χ4n) is 1.61. The number of aliphatic carboxylic acids is 1. The number of carboxylic acid groups (broad SMARTS) is 1. The SMILES string of the molecule is Cn1cc(CNC(=O)NCc2cn(CC(=O)O)nn2)cn1. The number of urea groups is 1. The van der Waals surface area contributed by atoms with Crippen LogP contribution in [0.15, 0.2) is 18.6 Å². The van der Waals surface area contributed by atoms with Gasteiger partial charge >= 0.3 is 12.0 Å². The number of hydrogen-bond donors (Lipinski definition) is 3. The van der Waals surface area contributed by atoms with E-state index in [0.717, 1.165) is 5.56 Å². The van der Waals surface area contributed by atoms with Gasteiger partial charge in [-0.25, -0.2) is 9.48 Å². The van der Waals surface area contributed by atoms with Crippen LogP contribution in [0.3, 0.4) is 0 Å². The van der Waals surface area contributed by atoms with Crippen molar-refractivity contribution in [3.63, 3.8) is 0 Å². The van der Waals surface area contributed by atoms with Gasteiger partial charge in [0.15, 0.2) is 0 Å². The fraction of sp³-hybridized carbons (Fsp3) is 0.364. The molecule has 112 valence electrons. The molecule has 21 heavy (non-hydrogen) atoms. The quantitative estimate of drug-likeness (QED) is 0.633. The first-order valence-electron chi connectivity index (χ1n) is 6.13. The number of nitrogens with zero attached hydrogens (tertiary/aromatic N) is 5. The Bertz CT molecular complexity index is 633. The number of hydrogen-bond acceptors (Lipinski definition) is 5. The van der Waals surface area contributed by atoms with E-state index < -0.39 is 5.97 Å². The highest BCUT2D eigenvalue weighted by atomic mass is 16.4. The van der Waals surface area contributed by atoms with E-state index in [1.54, 1.807) is 24.1 Å².